The van der Waals surface area contributed by atoms with Crippen LogP contribution in [0.2, 0.25) is 0 Å². The number of amides is 2. The summed E-state index contributed by atoms with van der Waals surface area (Å²) < 4.78 is 10.7. The predicted octanol–water partition coefficient (Wildman–Crippen LogP) is 3.76. The van der Waals surface area contributed by atoms with E-state index < -0.39 is 17.4 Å². The Morgan fingerprint density at radius 3 is 2.58 bits per heavy atom. The van der Waals surface area contributed by atoms with E-state index in [4.69, 9.17) is 9.15 Å². The zero-order valence-corrected chi connectivity index (χ0v) is 18.4. The molecule has 3 rings (SSSR count). The SMILES string of the molecule is COc1cc(NC(=O)C(=O)NC(C)(C)CCSc2ccncc2)ccc1-c1cnco1. The van der Waals surface area contributed by atoms with Gasteiger partial charge in [0.25, 0.3) is 0 Å². The summed E-state index contributed by atoms with van der Waals surface area (Å²) in [6.07, 6.45) is 7.07. The normalized spacial score (nSPS) is 11.1. The molecule has 0 aliphatic carbocycles. The minimum absolute atomic E-state index is 0.436. The van der Waals surface area contributed by atoms with E-state index in [2.05, 4.69) is 20.6 Å². The van der Waals surface area contributed by atoms with Gasteiger partial charge in [0.15, 0.2) is 12.2 Å². The van der Waals surface area contributed by atoms with Gasteiger partial charge in [0.1, 0.15) is 5.75 Å². The lowest BCUT2D eigenvalue weighted by Crippen LogP contribution is -2.48. The third kappa shape index (κ3) is 6.32. The summed E-state index contributed by atoms with van der Waals surface area (Å²) in [6.45, 7) is 3.78. The lowest BCUT2D eigenvalue weighted by atomic mass is 10.0. The zero-order valence-electron chi connectivity index (χ0n) is 17.5. The van der Waals surface area contributed by atoms with Crippen LogP contribution >= 0.6 is 11.8 Å². The molecular weight excluding hydrogens is 416 g/mol. The molecule has 0 radical (unpaired) electrons. The zero-order chi connectivity index (χ0) is 22.3. The summed E-state index contributed by atoms with van der Waals surface area (Å²) in [7, 11) is 1.51. The van der Waals surface area contributed by atoms with Crippen LogP contribution in [-0.4, -0.2) is 40.2 Å². The van der Waals surface area contributed by atoms with Crippen molar-refractivity contribution in [2.75, 3.05) is 18.2 Å². The van der Waals surface area contributed by atoms with Gasteiger partial charge in [-0.25, -0.2) is 4.98 Å². The van der Waals surface area contributed by atoms with Gasteiger partial charge in [0.2, 0.25) is 0 Å². The van der Waals surface area contributed by atoms with E-state index in [0.717, 1.165) is 10.6 Å². The quantitative estimate of drug-likeness (QED) is 0.406. The smallest absolute Gasteiger partial charge is 0.313 e. The number of carbonyl (C=O) groups excluding carboxylic acids is 2. The minimum Gasteiger partial charge on any atom is -0.496 e. The molecule has 0 saturated carbocycles. The van der Waals surface area contributed by atoms with Crippen LogP contribution in [0.5, 0.6) is 5.75 Å². The highest BCUT2D eigenvalue weighted by atomic mass is 32.2. The summed E-state index contributed by atoms with van der Waals surface area (Å²) in [5, 5.41) is 5.40. The van der Waals surface area contributed by atoms with Gasteiger partial charge in [-0.15, -0.1) is 11.8 Å². The van der Waals surface area contributed by atoms with E-state index in [9.17, 15) is 9.59 Å². The van der Waals surface area contributed by atoms with Crippen molar-refractivity contribution in [3.05, 3.63) is 55.3 Å². The number of aromatic nitrogens is 2. The van der Waals surface area contributed by atoms with E-state index in [-0.39, 0.29) is 0 Å². The van der Waals surface area contributed by atoms with Crippen LogP contribution in [0.1, 0.15) is 20.3 Å². The Bertz CT molecular complexity index is 1020. The molecule has 8 nitrogen and oxygen atoms in total. The second kappa shape index (κ2) is 10.1. The minimum atomic E-state index is -0.746. The lowest BCUT2D eigenvalue weighted by Gasteiger charge is -2.25. The summed E-state index contributed by atoms with van der Waals surface area (Å²) in [6, 6.07) is 8.89. The van der Waals surface area contributed by atoms with Crippen molar-refractivity contribution in [1.82, 2.24) is 15.3 Å². The van der Waals surface area contributed by atoms with E-state index >= 15 is 0 Å². The predicted molar refractivity (Wildman–Crippen MR) is 119 cm³/mol. The third-order valence-electron chi connectivity index (χ3n) is 4.46. The number of rotatable bonds is 8. The molecule has 9 heteroatoms. The number of methoxy groups -OCH3 is 1. The van der Waals surface area contributed by atoms with Crippen LogP contribution in [0.3, 0.4) is 0 Å². The molecule has 0 atom stereocenters. The molecule has 2 amide bonds. The van der Waals surface area contributed by atoms with E-state index in [1.54, 1.807) is 48.6 Å². The maximum Gasteiger partial charge on any atom is 0.313 e. The monoisotopic (exact) mass is 440 g/mol. The molecule has 0 aliphatic rings. The standard InChI is InChI=1S/C22H24N4O4S/c1-22(2,8-11-31-16-6-9-23-10-7-16)26-21(28)20(27)25-15-4-5-17(18(12-15)29-3)19-13-24-14-30-19/h4-7,9-10,12-14H,8,11H2,1-3H3,(H,25,27)(H,26,28). The Morgan fingerprint density at radius 2 is 1.90 bits per heavy atom. The van der Waals surface area contributed by atoms with Gasteiger partial charge in [-0.1, -0.05) is 0 Å². The van der Waals surface area contributed by atoms with E-state index in [1.807, 2.05) is 26.0 Å². The van der Waals surface area contributed by atoms with Crippen molar-refractivity contribution in [2.45, 2.75) is 30.7 Å². The number of benzene rings is 1. The van der Waals surface area contributed by atoms with Crippen molar-refractivity contribution in [3.8, 4) is 17.1 Å². The fourth-order valence-corrected chi connectivity index (χ4v) is 3.96. The molecule has 1 aromatic carbocycles. The van der Waals surface area contributed by atoms with E-state index in [1.165, 1.54) is 13.5 Å². The second-order valence-electron chi connectivity index (χ2n) is 7.35. The molecule has 0 saturated heterocycles. The van der Waals surface area contributed by atoms with Gasteiger partial charge in [0.05, 0.1) is 18.9 Å². The topological polar surface area (TPSA) is 106 Å². The highest BCUT2D eigenvalue weighted by molar-refractivity contribution is 7.99. The number of carbonyl (C=O) groups is 2. The molecule has 0 fully saturated rings. The van der Waals surface area contributed by atoms with Gasteiger partial charge >= 0.3 is 11.8 Å². The van der Waals surface area contributed by atoms with Crippen LogP contribution in [0.15, 0.2) is 64.6 Å². The first-order valence-corrected chi connectivity index (χ1v) is 10.6. The molecule has 0 bridgehead atoms. The number of pyridine rings is 1. The number of nitrogens with one attached hydrogen (secondary N) is 2. The molecule has 3 aromatic rings. The van der Waals surface area contributed by atoms with Crippen molar-refractivity contribution in [3.63, 3.8) is 0 Å². The molecule has 162 valence electrons. The van der Waals surface area contributed by atoms with Gasteiger partial charge in [0, 0.05) is 40.3 Å². The Kier molecular flexibility index (Phi) is 7.30. The average molecular weight is 441 g/mol. The Labute approximate surface area is 184 Å². The first kappa shape index (κ1) is 22.4. The van der Waals surface area contributed by atoms with E-state index in [0.29, 0.717) is 29.2 Å². The van der Waals surface area contributed by atoms with Crippen molar-refractivity contribution < 1.29 is 18.7 Å². The summed E-state index contributed by atoms with van der Waals surface area (Å²) in [4.78, 5) is 33.8. The molecule has 2 N–H and O–H groups in total. The Hall–Kier alpha value is -3.33. The third-order valence-corrected chi connectivity index (χ3v) is 5.47. The number of ether oxygens (including phenoxy) is 1. The number of nitrogens with zero attached hydrogens (tertiary/aromatic N) is 2. The number of hydrogen-bond donors (Lipinski definition) is 2. The number of anilines is 1. The second-order valence-corrected chi connectivity index (χ2v) is 8.52. The maximum absolute atomic E-state index is 12.4. The van der Waals surface area contributed by atoms with Crippen LogP contribution < -0.4 is 15.4 Å². The molecule has 0 spiro atoms. The maximum atomic E-state index is 12.4. The number of thioether (sulfide) groups is 1. The highest BCUT2D eigenvalue weighted by Crippen LogP contribution is 2.32. The average Bonchev–Trinajstić information content (AvgIpc) is 3.28. The number of oxazole rings is 1. The van der Waals surface area contributed by atoms with Crippen LogP contribution in [-0.2, 0) is 9.59 Å². The molecule has 0 unspecified atom stereocenters. The molecule has 31 heavy (non-hydrogen) atoms. The largest absolute Gasteiger partial charge is 0.496 e. The van der Waals surface area contributed by atoms with Gasteiger partial charge < -0.3 is 19.8 Å². The summed E-state index contributed by atoms with van der Waals surface area (Å²) in [5.41, 5.74) is 0.587. The van der Waals surface area contributed by atoms with Crippen LogP contribution in [0.25, 0.3) is 11.3 Å². The highest BCUT2D eigenvalue weighted by Gasteiger charge is 2.24. The van der Waals surface area contributed by atoms with Gasteiger partial charge in [-0.05, 0) is 44.5 Å². The lowest BCUT2D eigenvalue weighted by molar-refractivity contribution is -0.137. The van der Waals surface area contributed by atoms with Gasteiger partial charge in [-0.2, -0.15) is 0 Å². The van der Waals surface area contributed by atoms with Crippen LogP contribution in [0, 0.1) is 0 Å². The Morgan fingerprint density at radius 1 is 1.13 bits per heavy atom. The van der Waals surface area contributed by atoms with Crippen LogP contribution in [0.4, 0.5) is 5.69 Å². The first-order valence-electron chi connectivity index (χ1n) is 9.61. The molecule has 2 heterocycles. The first-order chi connectivity index (χ1) is 14.9. The van der Waals surface area contributed by atoms with Crippen molar-refractivity contribution in [1.29, 1.82) is 0 Å². The molecule has 2 aromatic heterocycles. The Balaban J connectivity index is 1.55. The molecular formula is C22H24N4O4S. The van der Waals surface area contributed by atoms with Crippen molar-refractivity contribution in [2.24, 2.45) is 0 Å². The fourth-order valence-electron chi connectivity index (χ4n) is 2.79. The van der Waals surface area contributed by atoms with Crippen molar-refractivity contribution >= 4 is 29.3 Å². The fraction of sp³-hybridized carbons (Fsp3) is 0.273. The van der Waals surface area contributed by atoms with Gasteiger partial charge in [-0.3, -0.25) is 14.6 Å². The summed E-state index contributed by atoms with van der Waals surface area (Å²) >= 11 is 1.67. The number of hydrogen-bond acceptors (Lipinski definition) is 7. The summed E-state index contributed by atoms with van der Waals surface area (Å²) in [5.74, 6) is 0.378. The molecule has 0 aliphatic heterocycles.